The van der Waals surface area contributed by atoms with Gasteiger partial charge in [0.25, 0.3) is 11.5 Å². The molecule has 0 saturated carbocycles. The first-order chi connectivity index (χ1) is 9.58. The Bertz CT molecular complexity index is 583. The number of hydrogen-bond donors (Lipinski definition) is 2. The fraction of sp³-hybridized carbons (Fsp3) is 0.500. The van der Waals surface area contributed by atoms with Crippen LogP contribution in [0.4, 0.5) is 4.79 Å². The van der Waals surface area contributed by atoms with Crippen molar-refractivity contribution in [3.8, 4) is 0 Å². The van der Waals surface area contributed by atoms with Crippen LogP contribution in [0.1, 0.15) is 23.3 Å². The second-order valence-corrected chi connectivity index (χ2v) is 5.02. The number of amides is 2. The van der Waals surface area contributed by atoms with Crippen LogP contribution in [0.3, 0.4) is 0 Å². The van der Waals surface area contributed by atoms with Gasteiger partial charge in [0.05, 0.1) is 6.54 Å². The number of likely N-dealkylation sites (tertiary alicyclic amines) is 1. The zero-order valence-corrected chi connectivity index (χ0v) is 10.7. The van der Waals surface area contributed by atoms with Gasteiger partial charge in [0.1, 0.15) is 11.3 Å². The summed E-state index contributed by atoms with van der Waals surface area (Å²) in [5, 5.41) is 8.62. The molecule has 3 heterocycles. The fourth-order valence-corrected chi connectivity index (χ4v) is 2.52. The van der Waals surface area contributed by atoms with Crippen LogP contribution in [0.2, 0.25) is 0 Å². The lowest BCUT2D eigenvalue weighted by atomic mass is 9.91. The first-order valence-electron chi connectivity index (χ1n) is 6.40. The first kappa shape index (κ1) is 12.6. The predicted molar refractivity (Wildman–Crippen MR) is 67.2 cm³/mol. The summed E-state index contributed by atoms with van der Waals surface area (Å²) in [6.07, 6.45) is 0.800. The van der Waals surface area contributed by atoms with Crippen LogP contribution in [0.25, 0.3) is 0 Å². The number of piperidine rings is 1. The van der Waals surface area contributed by atoms with Crippen LogP contribution >= 0.6 is 0 Å². The van der Waals surface area contributed by atoms with Crippen molar-refractivity contribution >= 4 is 12.0 Å². The standard InChI is InChI=1S/C12H14N4O4/c17-9-2-1-8(14-15-9)10(18)16-5-3-12(4-6-16)7-13-11(19)20-12/h1-2H,3-7H2,(H,13,19)(H,15,17). The Kier molecular flexibility index (Phi) is 2.92. The number of nitrogens with one attached hydrogen (secondary N) is 2. The summed E-state index contributed by atoms with van der Waals surface area (Å²) in [4.78, 5) is 35.9. The molecule has 1 spiro atoms. The molecule has 2 N–H and O–H groups in total. The number of nitrogens with zero attached hydrogens (tertiary/aromatic N) is 2. The van der Waals surface area contributed by atoms with E-state index in [2.05, 4.69) is 15.5 Å². The van der Waals surface area contributed by atoms with Crippen molar-refractivity contribution < 1.29 is 14.3 Å². The molecule has 1 aromatic heterocycles. The van der Waals surface area contributed by atoms with Crippen LogP contribution in [-0.4, -0.2) is 52.3 Å². The van der Waals surface area contributed by atoms with Crippen LogP contribution < -0.4 is 10.9 Å². The van der Waals surface area contributed by atoms with E-state index in [4.69, 9.17) is 4.74 Å². The zero-order valence-electron chi connectivity index (χ0n) is 10.7. The largest absolute Gasteiger partial charge is 0.441 e. The third kappa shape index (κ3) is 2.24. The molecule has 0 aliphatic carbocycles. The van der Waals surface area contributed by atoms with Crippen molar-refractivity contribution in [2.75, 3.05) is 19.6 Å². The molecular formula is C12H14N4O4. The van der Waals surface area contributed by atoms with Gasteiger partial charge in [0, 0.05) is 32.0 Å². The molecule has 2 amide bonds. The maximum atomic E-state index is 12.2. The van der Waals surface area contributed by atoms with Gasteiger partial charge in [0.2, 0.25) is 0 Å². The van der Waals surface area contributed by atoms with E-state index in [9.17, 15) is 14.4 Å². The number of H-pyrrole nitrogens is 1. The second-order valence-electron chi connectivity index (χ2n) is 5.02. The molecule has 0 atom stereocenters. The van der Waals surface area contributed by atoms with Gasteiger partial charge < -0.3 is 15.0 Å². The predicted octanol–water partition coefficient (Wildman–Crippen LogP) is -0.516. The number of carbonyl (C=O) groups is 2. The number of carbonyl (C=O) groups excluding carboxylic acids is 2. The van der Waals surface area contributed by atoms with Crippen LogP contribution in [0, 0.1) is 0 Å². The summed E-state index contributed by atoms with van der Waals surface area (Å²) < 4.78 is 5.29. The number of hydrogen-bond acceptors (Lipinski definition) is 5. The lowest BCUT2D eigenvalue weighted by molar-refractivity contribution is 0.00311. The highest BCUT2D eigenvalue weighted by molar-refractivity contribution is 5.92. The monoisotopic (exact) mass is 278 g/mol. The third-order valence-corrected chi connectivity index (χ3v) is 3.72. The molecule has 106 valence electrons. The van der Waals surface area contributed by atoms with E-state index in [1.165, 1.54) is 12.1 Å². The molecule has 0 radical (unpaired) electrons. The van der Waals surface area contributed by atoms with Crippen molar-refractivity contribution in [1.29, 1.82) is 0 Å². The van der Waals surface area contributed by atoms with Gasteiger partial charge in [-0.1, -0.05) is 0 Å². The quantitative estimate of drug-likeness (QED) is 0.719. The molecule has 20 heavy (non-hydrogen) atoms. The van der Waals surface area contributed by atoms with E-state index in [1.807, 2.05) is 0 Å². The number of alkyl carbamates (subject to hydrolysis) is 1. The van der Waals surface area contributed by atoms with Crippen LogP contribution in [-0.2, 0) is 4.74 Å². The molecule has 0 unspecified atom stereocenters. The topological polar surface area (TPSA) is 104 Å². The summed E-state index contributed by atoms with van der Waals surface area (Å²) in [5.41, 5.74) is -0.614. The first-order valence-corrected chi connectivity index (χ1v) is 6.40. The number of aromatic amines is 1. The Morgan fingerprint density at radius 3 is 2.60 bits per heavy atom. The van der Waals surface area contributed by atoms with Gasteiger partial charge in [-0.2, -0.15) is 5.10 Å². The van der Waals surface area contributed by atoms with E-state index < -0.39 is 11.7 Å². The van der Waals surface area contributed by atoms with Crippen molar-refractivity contribution in [2.24, 2.45) is 0 Å². The van der Waals surface area contributed by atoms with E-state index in [0.29, 0.717) is 32.5 Å². The summed E-state index contributed by atoms with van der Waals surface area (Å²) >= 11 is 0. The Balaban J connectivity index is 1.66. The maximum absolute atomic E-state index is 12.2. The molecule has 8 heteroatoms. The number of rotatable bonds is 1. The minimum Gasteiger partial charge on any atom is -0.441 e. The van der Waals surface area contributed by atoms with Crippen molar-refractivity contribution in [1.82, 2.24) is 20.4 Å². The van der Waals surface area contributed by atoms with E-state index >= 15 is 0 Å². The fourth-order valence-electron chi connectivity index (χ4n) is 2.52. The molecule has 3 rings (SSSR count). The van der Waals surface area contributed by atoms with E-state index in [-0.39, 0.29) is 17.2 Å². The minimum atomic E-state index is -0.480. The van der Waals surface area contributed by atoms with Gasteiger partial charge in [0.15, 0.2) is 0 Å². The summed E-state index contributed by atoms with van der Waals surface area (Å²) in [6.45, 7) is 1.48. The van der Waals surface area contributed by atoms with Gasteiger partial charge in [-0.15, -0.1) is 0 Å². The summed E-state index contributed by atoms with van der Waals surface area (Å²) in [7, 11) is 0. The van der Waals surface area contributed by atoms with Gasteiger partial charge in [-0.25, -0.2) is 9.89 Å². The van der Waals surface area contributed by atoms with Gasteiger partial charge in [-0.05, 0) is 6.07 Å². The highest BCUT2D eigenvalue weighted by Crippen LogP contribution is 2.29. The average Bonchev–Trinajstić information content (AvgIpc) is 2.81. The Labute approximate surface area is 114 Å². The SMILES string of the molecule is O=C1NCC2(CCN(C(=O)c3ccc(=O)[nH]n3)CC2)O1. The molecule has 0 bridgehead atoms. The molecule has 2 saturated heterocycles. The summed E-state index contributed by atoms with van der Waals surface area (Å²) in [6, 6.07) is 2.68. The number of ether oxygens (including phenoxy) is 1. The Hall–Kier alpha value is -2.38. The molecule has 2 fully saturated rings. The van der Waals surface area contributed by atoms with Gasteiger partial charge >= 0.3 is 6.09 Å². The Morgan fingerprint density at radius 2 is 2.05 bits per heavy atom. The van der Waals surface area contributed by atoms with Crippen molar-refractivity contribution in [3.05, 3.63) is 28.2 Å². The van der Waals surface area contributed by atoms with E-state index in [0.717, 1.165) is 0 Å². The average molecular weight is 278 g/mol. The molecule has 2 aliphatic rings. The zero-order chi connectivity index (χ0) is 14.2. The molecular weight excluding hydrogens is 264 g/mol. The molecule has 8 nitrogen and oxygen atoms in total. The van der Waals surface area contributed by atoms with Gasteiger partial charge in [-0.3, -0.25) is 9.59 Å². The highest BCUT2D eigenvalue weighted by atomic mass is 16.6. The number of aromatic nitrogens is 2. The lowest BCUT2D eigenvalue weighted by Crippen LogP contribution is -2.48. The molecule has 1 aromatic rings. The van der Waals surface area contributed by atoms with Crippen molar-refractivity contribution in [2.45, 2.75) is 18.4 Å². The van der Waals surface area contributed by atoms with Crippen LogP contribution in [0.5, 0.6) is 0 Å². The molecule has 2 aliphatic heterocycles. The van der Waals surface area contributed by atoms with Crippen molar-refractivity contribution in [3.63, 3.8) is 0 Å². The normalized spacial score (nSPS) is 20.6. The van der Waals surface area contributed by atoms with E-state index in [1.54, 1.807) is 4.90 Å². The third-order valence-electron chi connectivity index (χ3n) is 3.72. The lowest BCUT2D eigenvalue weighted by Gasteiger charge is -2.36. The maximum Gasteiger partial charge on any atom is 0.407 e. The van der Waals surface area contributed by atoms with Crippen LogP contribution in [0.15, 0.2) is 16.9 Å². The smallest absolute Gasteiger partial charge is 0.407 e. The second kappa shape index (κ2) is 4.62. The minimum absolute atomic E-state index is 0.210. The highest BCUT2D eigenvalue weighted by Gasteiger charge is 2.43. The molecule has 0 aromatic carbocycles. The summed E-state index contributed by atoms with van der Waals surface area (Å²) in [5.74, 6) is -0.228. The Morgan fingerprint density at radius 1 is 1.30 bits per heavy atom.